The summed E-state index contributed by atoms with van der Waals surface area (Å²) < 4.78 is 6.06. The van der Waals surface area contributed by atoms with Gasteiger partial charge in [0, 0.05) is 30.9 Å². The highest BCUT2D eigenvalue weighted by Gasteiger charge is 2.76. The number of nitrogens with zero attached hydrogens (tertiary/aromatic N) is 2. The lowest BCUT2D eigenvalue weighted by atomic mass is 9.66. The molecule has 0 aliphatic carbocycles. The molecular weight excluding hydrogens is 392 g/mol. The van der Waals surface area contributed by atoms with Gasteiger partial charge in [0.2, 0.25) is 11.8 Å². The molecule has 0 radical (unpaired) electrons. The van der Waals surface area contributed by atoms with Gasteiger partial charge in [-0.15, -0.1) is 0 Å². The molecule has 0 saturated carbocycles. The van der Waals surface area contributed by atoms with E-state index in [9.17, 15) is 29.9 Å². The number of imide groups is 1. The van der Waals surface area contributed by atoms with Crippen molar-refractivity contribution in [2.75, 3.05) is 11.5 Å². The van der Waals surface area contributed by atoms with E-state index < -0.39 is 45.9 Å². The Morgan fingerprint density at radius 2 is 1.83 bits per heavy atom. The molecule has 0 spiro atoms. The molecule has 0 unspecified atom stereocenters. The summed E-state index contributed by atoms with van der Waals surface area (Å²) >= 11 is 0. The van der Waals surface area contributed by atoms with Crippen molar-refractivity contribution in [1.82, 2.24) is 0 Å². The first kappa shape index (κ1) is 19.1. The van der Waals surface area contributed by atoms with Crippen molar-refractivity contribution in [1.29, 1.82) is 0 Å². The second-order valence-corrected chi connectivity index (χ2v) is 8.42. The normalized spacial score (nSPS) is 34.8. The molecule has 3 saturated heterocycles. The Balaban J connectivity index is 1.67. The third kappa shape index (κ3) is 2.17. The molecule has 2 aromatic carbocycles. The predicted molar refractivity (Wildman–Crippen MR) is 105 cm³/mol. The summed E-state index contributed by atoms with van der Waals surface area (Å²) in [7, 11) is 0. The average Bonchev–Trinajstić information content (AvgIpc) is 3.23. The van der Waals surface area contributed by atoms with Crippen molar-refractivity contribution in [3.05, 3.63) is 46.5 Å². The van der Waals surface area contributed by atoms with E-state index in [1.54, 1.807) is 31.2 Å². The Morgan fingerprint density at radius 3 is 2.50 bits per heavy atom. The Kier molecular flexibility index (Phi) is 3.86. The van der Waals surface area contributed by atoms with Crippen LogP contribution in [0.25, 0.3) is 10.8 Å². The lowest BCUT2D eigenvalue weighted by molar-refractivity contribution is -0.383. The molecule has 3 fully saturated rings. The molecule has 3 aliphatic rings. The van der Waals surface area contributed by atoms with Crippen LogP contribution in [0.3, 0.4) is 0 Å². The number of rotatable bonds is 4. The second kappa shape index (κ2) is 6.07. The van der Waals surface area contributed by atoms with Crippen molar-refractivity contribution in [2.45, 2.75) is 37.1 Å². The zero-order valence-corrected chi connectivity index (χ0v) is 16.1. The molecule has 9 heteroatoms. The van der Waals surface area contributed by atoms with Crippen LogP contribution in [-0.2, 0) is 14.3 Å². The summed E-state index contributed by atoms with van der Waals surface area (Å²) in [6.45, 7) is 1.39. The van der Waals surface area contributed by atoms with Gasteiger partial charge in [0.05, 0.1) is 39.5 Å². The van der Waals surface area contributed by atoms with E-state index in [4.69, 9.17) is 4.74 Å². The van der Waals surface area contributed by atoms with Crippen LogP contribution < -0.4 is 4.90 Å². The standard InChI is InChI=1S/C21H20N2O7/c1-20-15(25)10-21(30-20,8-9-24)17-16(20)18(26)22(19(17)27)13-6-7-14(23(28)29)12-5-3-2-4-11(12)13/h2-7,15-17,24-25H,8-10H2,1H3/t15-,16-,17+,20-,21+/m0/s1. The van der Waals surface area contributed by atoms with Crippen molar-refractivity contribution in [3.63, 3.8) is 0 Å². The molecule has 0 aromatic heterocycles. The molecule has 2 bridgehead atoms. The first-order valence-corrected chi connectivity index (χ1v) is 9.78. The van der Waals surface area contributed by atoms with Crippen LogP contribution in [0.5, 0.6) is 0 Å². The SMILES string of the molecule is C[C@]12O[C@](CCO)(C[C@@H]1O)[C@H]1C(=O)N(c3ccc([N+](=O)[O-])c4ccccc34)C(=O)[C@H]12. The fourth-order valence-electron chi connectivity index (χ4n) is 5.67. The number of hydrogen-bond donors (Lipinski definition) is 2. The van der Waals surface area contributed by atoms with Crippen LogP contribution in [0.2, 0.25) is 0 Å². The van der Waals surface area contributed by atoms with Crippen LogP contribution in [0.15, 0.2) is 36.4 Å². The van der Waals surface area contributed by atoms with Gasteiger partial charge in [-0.2, -0.15) is 0 Å². The molecule has 5 atom stereocenters. The van der Waals surface area contributed by atoms with E-state index >= 15 is 0 Å². The van der Waals surface area contributed by atoms with Gasteiger partial charge in [0.25, 0.3) is 5.69 Å². The number of benzene rings is 2. The molecule has 2 N–H and O–H groups in total. The van der Waals surface area contributed by atoms with Crippen LogP contribution in [0.4, 0.5) is 11.4 Å². The van der Waals surface area contributed by atoms with Gasteiger partial charge in [0.15, 0.2) is 0 Å². The van der Waals surface area contributed by atoms with Crippen LogP contribution in [0.1, 0.15) is 19.8 Å². The largest absolute Gasteiger partial charge is 0.396 e. The van der Waals surface area contributed by atoms with Gasteiger partial charge in [0.1, 0.15) is 5.60 Å². The number of aliphatic hydroxyl groups excluding tert-OH is 2. The number of fused-ring (bicyclic) bond motifs is 6. The first-order valence-electron chi connectivity index (χ1n) is 9.78. The highest BCUT2D eigenvalue weighted by Crippen LogP contribution is 2.62. The van der Waals surface area contributed by atoms with Gasteiger partial charge in [-0.05, 0) is 19.1 Å². The molecule has 30 heavy (non-hydrogen) atoms. The number of nitro benzene ring substituents is 1. The summed E-state index contributed by atoms with van der Waals surface area (Å²) in [5, 5.41) is 32.3. The topological polar surface area (TPSA) is 130 Å². The predicted octanol–water partition coefficient (Wildman–Crippen LogP) is 1.53. The highest BCUT2D eigenvalue weighted by molar-refractivity contribution is 6.26. The van der Waals surface area contributed by atoms with Crippen LogP contribution >= 0.6 is 0 Å². The zero-order chi connectivity index (χ0) is 21.4. The van der Waals surface area contributed by atoms with Crippen LogP contribution in [-0.4, -0.2) is 50.9 Å². The molecule has 3 aliphatic heterocycles. The maximum absolute atomic E-state index is 13.5. The summed E-state index contributed by atoms with van der Waals surface area (Å²) in [6.07, 6.45) is -0.635. The number of carbonyl (C=O) groups is 2. The lowest BCUT2D eigenvalue weighted by Crippen LogP contribution is -2.49. The Bertz CT molecular complexity index is 1120. The van der Waals surface area contributed by atoms with Gasteiger partial charge in [-0.25, -0.2) is 4.90 Å². The van der Waals surface area contributed by atoms with Gasteiger partial charge < -0.3 is 14.9 Å². The van der Waals surface area contributed by atoms with E-state index in [-0.39, 0.29) is 30.8 Å². The molecular formula is C21H20N2O7. The number of ether oxygens (including phenoxy) is 1. The molecule has 3 heterocycles. The number of amides is 2. The van der Waals surface area contributed by atoms with E-state index in [1.807, 2.05) is 0 Å². The minimum Gasteiger partial charge on any atom is -0.396 e. The third-order valence-electron chi connectivity index (χ3n) is 6.96. The quantitative estimate of drug-likeness (QED) is 0.442. The van der Waals surface area contributed by atoms with Crippen molar-refractivity contribution in [2.24, 2.45) is 11.8 Å². The monoisotopic (exact) mass is 412 g/mol. The maximum atomic E-state index is 13.5. The lowest BCUT2D eigenvalue weighted by Gasteiger charge is -2.33. The van der Waals surface area contributed by atoms with E-state index in [2.05, 4.69) is 0 Å². The minimum atomic E-state index is -1.22. The first-order chi connectivity index (χ1) is 14.2. The molecule has 2 amide bonds. The average molecular weight is 412 g/mol. The smallest absolute Gasteiger partial charge is 0.277 e. The second-order valence-electron chi connectivity index (χ2n) is 8.42. The van der Waals surface area contributed by atoms with E-state index in [0.717, 1.165) is 4.90 Å². The Labute approximate surface area is 171 Å². The third-order valence-corrected chi connectivity index (χ3v) is 6.96. The van der Waals surface area contributed by atoms with Gasteiger partial charge >= 0.3 is 0 Å². The summed E-state index contributed by atoms with van der Waals surface area (Å²) in [6, 6.07) is 9.26. The zero-order valence-electron chi connectivity index (χ0n) is 16.1. The fraction of sp³-hybridized carbons (Fsp3) is 0.429. The van der Waals surface area contributed by atoms with Crippen molar-refractivity contribution < 1.29 is 29.5 Å². The van der Waals surface area contributed by atoms with Crippen molar-refractivity contribution in [3.8, 4) is 0 Å². The number of anilines is 1. The molecule has 2 aromatic rings. The van der Waals surface area contributed by atoms with Crippen LogP contribution in [0, 0.1) is 22.0 Å². The summed E-state index contributed by atoms with van der Waals surface area (Å²) in [5.74, 6) is -2.66. The Hall–Kier alpha value is -2.88. The minimum absolute atomic E-state index is 0.115. The Morgan fingerprint density at radius 1 is 1.17 bits per heavy atom. The maximum Gasteiger partial charge on any atom is 0.277 e. The highest BCUT2D eigenvalue weighted by atomic mass is 16.6. The number of hydrogen-bond acceptors (Lipinski definition) is 7. The molecule has 156 valence electrons. The van der Waals surface area contributed by atoms with Gasteiger partial charge in [-0.1, -0.05) is 18.2 Å². The fourth-order valence-corrected chi connectivity index (χ4v) is 5.67. The molecule has 5 rings (SSSR count). The number of non-ortho nitro benzene ring substituents is 1. The van der Waals surface area contributed by atoms with E-state index in [1.165, 1.54) is 12.1 Å². The van der Waals surface area contributed by atoms with Gasteiger partial charge in [-0.3, -0.25) is 19.7 Å². The number of carbonyl (C=O) groups excluding carboxylic acids is 2. The number of nitro groups is 1. The van der Waals surface area contributed by atoms with Crippen molar-refractivity contribution >= 4 is 34.0 Å². The molecule has 9 nitrogen and oxygen atoms in total. The van der Waals surface area contributed by atoms with E-state index in [0.29, 0.717) is 10.8 Å². The summed E-state index contributed by atoms with van der Waals surface area (Å²) in [4.78, 5) is 39.0. The number of aliphatic hydroxyl groups is 2. The summed E-state index contributed by atoms with van der Waals surface area (Å²) in [5.41, 5.74) is -2.17.